The van der Waals surface area contributed by atoms with Gasteiger partial charge in [0.2, 0.25) is 5.95 Å². The third-order valence-electron chi connectivity index (χ3n) is 6.31. The molecule has 4 aromatic carbocycles. The minimum atomic E-state index is 0.636. The first kappa shape index (κ1) is 18.8. The van der Waals surface area contributed by atoms with Gasteiger partial charge in [-0.05, 0) is 30.3 Å². The van der Waals surface area contributed by atoms with Crippen LogP contribution in [0.4, 0.5) is 0 Å². The van der Waals surface area contributed by atoms with Crippen LogP contribution in [0.5, 0.6) is 0 Å². The molecule has 0 amide bonds. The number of rotatable bonds is 3. The fourth-order valence-corrected chi connectivity index (χ4v) is 4.74. The minimum absolute atomic E-state index is 0.636. The average molecular weight is 438 g/mol. The van der Waals surface area contributed by atoms with E-state index >= 15 is 0 Å². The number of hydrogen-bond acceptors (Lipinski definition) is 3. The second kappa shape index (κ2) is 7.42. The second-order valence-electron chi connectivity index (χ2n) is 8.32. The molecule has 0 aliphatic carbocycles. The van der Waals surface area contributed by atoms with E-state index in [2.05, 4.69) is 71.3 Å². The molecule has 7 aromatic rings. The Morgan fingerprint density at radius 2 is 1.24 bits per heavy atom. The Hall–Kier alpha value is -4.70. The van der Waals surface area contributed by atoms with Crippen LogP contribution in [0.15, 0.2) is 120 Å². The summed E-state index contributed by atoms with van der Waals surface area (Å²) in [6, 6.07) is 37.2. The summed E-state index contributed by atoms with van der Waals surface area (Å²) in [5.41, 5.74) is 6.83. The van der Waals surface area contributed by atoms with Gasteiger partial charge in [0.25, 0.3) is 0 Å². The predicted octanol–water partition coefficient (Wildman–Crippen LogP) is 7.65. The van der Waals surface area contributed by atoms with E-state index in [1.807, 2.05) is 42.5 Å². The molecule has 0 N–H and O–H groups in total. The summed E-state index contributed by atoms with van der Waals surface area (Å²) < 4.78 is 8.06. The Kier molecular flexibility index (Phi) is 4.11. The van der Waals surface area contributed by atoms with Gasteiger partial charge >= 0.3 is 0 Å². The van der Waals surface area contributed by atoms with Crippen molar-refractivity contribution in [3.63, 3.8) is 0 Å². The van der Waals surface area contributed by atoms with Crippen molar-refractivity contribution in [2.75, 3.05) is 0 Å². The van der Waals surface area contributed by atoms with Gasteiger partial charge < -0.3 is 4.42 Å². The van der Waals surface area contributed by atoms with Crippen molar-refractivity contribution < 1.29 is 4.42 Å². The van der Waals surface area contributed by atoms with Gasteiger partial charge in [-0.3, -0.25) is 4.57 Å². The summed E-state index contributed by atoms with van der Waals surface area (Å²) in [4.78, 5) is 10.1. The maximum Gasteiger partial charge on any atom is 0.235 e. The summed E-state index contributed by atoms with van der Waals surface area (Å²) in [6.07, 6.45) is 1.75. The summed E-state index contributed by atoms with van der Waals surface area (Å²) in [7, 11) is 0. The maximum absolute atomic E-state index is 5.92. The van der Waals surface area contributed by atoms with Crippen LogP contribution in [0.3, 0.4) is 0 Å². The molecule has 0 unspecified atom stereocenters. The minimum Gasteiger partial charge on any atom is -0.464 e. The van der Waals surface area contributed by atoms with E-state index in [0.717, 1.165) is 55.3 Å². The zero-order valence-corrected chi connectivity index (χ0v) is 18.2. The zero-order chi connectivity index (χ0) is 22.5. The molecule has 0 fully saturated rings. The predicted molar refractivity (Wildman–Crippen MR) is 137 cm³/mol. The molecule has 7 rings (SSSR count). The van der Waals surface area contributed by atoms with Crippen molar-refractivity contribution >= 4 is 32.8 Å². The molecule has 0 radical (unpaired) electrons. The van der Waals surface area contributed by atoms with Crippen molar-refractivity contribution in [3.8, 4) is 28.5 Å². The number of benzene rings is 4. The van der Waals surface area contributed by atoms with Gasteiger partial charge in [0.05, 0.1) is 34.1 Å². The standard InChI is InChI=1S/C30H19N3O/c1-3-9-20(10-4-1)24-19-25(21-11-5-2-6-12-21)32-30(31-24)33-26-14-8-7-13-23(26)28-27(33)16-15-22-17-18-34-29(22)28/h1-19H. The molecule has 4 heteroatoms. The van der Waals surface area contributed by atoms with Gasteiger partial charge in [-0.25, -0.2) is 9.97 Å². The number of fused-ring (bicyclic) bond motifs is 5. The van der Waals surface area contributed by atoms with Crippen molar-refractivity contribution in [2.45, 2.75) is 0 Å². The van der Waals surface area contributed by atoms with E-state index in [1.54, 1.807) is 6.26 Å². The van der Waals surface area contributed by atoms with Gasteiger partial charge in [0, 0.05) is 21.9 Å². The van der Waals surface area contributed by atoms with Crippen LogP contribution in [0, 0.1) is 0 Å². The Labute approximate surface area is 195 Å². The lowest BCUT2D eigenvalue weighted by atomic mass is 10.1. The molecule has 3 aromatic heterocycles. The van der Waals surface area contributed by atoms with E-state index in [4.69, 9.17) is 14.4 Å². The molecule has 4 nitrogen and oxygen atoms in total. The van der Waals surface area contributed by atoms with Crippen molar-refractivity contribution in [1.29, 1.82) is 0 Å². The summed E-state index contributed by atoms with van der Waals surface area (Å²) in [6.45, 7) is 0. The molecule has 0 atom stereocenters. The summed E-state index contributed by atoms with van der Waals surface area (Å²) >= 11 is 0. The third-order valence-corrected chi connectivity index (χ3v) is 6.31. The van der Waals surface area contributed by atoms with Crippen LogP contribution in [-0.4, -0.2) is 14.5 Å². The molecule has 0 saturated carbocycles. The molecular formula is C30H19N3O. The number of nitrogens with zero attached hydrogens (tertiary/aromatic N) is 3. The highest BCUT2D eigenvalue weighted by Gasteiger charge is 2.19. The van der Waals surface area contributed by atoms with Crippen molar-refractivity contribution in [2.24, 2.45) is 0 Å². The molecule has 3 heterocycles. The highest BCUT2D eigenvalue weighted by Crippen LogP contribution is 2.37. The molecule has 0 bridgehead atoms. The second-order valence-corrected chi connectivity index (χ2v) is 8.32. The van der Waals surface area contributed by atoms with Gasteiger partial charge in [-0.2, -0.15) is 0 Å². The van der Waals surface area contributed by atoms with Crippen LogP contribution >= 0.6 is 0 Å². The molecule has 0 aliphatic rings. The fourth-order valence-electron chi connectivity index (χ4n) is 4.74. The summed E-state index contributed by atoms with van der Waals surface area (Å²) in [5.74, 6) is 0.636. The number of hydrogen-bond donors (Lipinski definition) is 0. The van der Waals surface area contributed by atoms with E-state index < -0.39 is 0 Å². The molecule has 0 spiro atoms. The molecule has 0 aliphatic heterocycles. The van der Waals surface area contributed by atoms with Crippen molar-refractivity contribution in [1.82, 2.24) is 14.5 Å². The van der Waals surface area contributed by atoms with Gasteiger partial charge in [0.15, 0.2) is 0 Å². The van der Waals surface area contributed by atoms with Crippen LogP contribution in [-0.2, 0) is 0 Å². The highest BCUT2D eigenvalue weighted by molar-refractivity contribution is 6.19. The van der Waals surface area contributed by atoms with E-state index in [1.165, 1.54) is 0 Å². The van der Waals surface area contributed by atoms with Crippen LogP contribution < -0.4 is 0 Å². The van der Waals surface area contributed by atoms with Gasteiger partial charge in [-0.15, -0.1) is 0 Å². The monoisotopic (exact) mass is 437 g/mol. The Bertz CT molecular complexity index is 1740. The van der Waals surface area contributed by atoms with E-state index in [0.29, 0.717) is 5.95 Å². The number of para-hydroxylation sites is 1. The first-order chi connectivity index (χ1) is 16.9. The lowest BCUT2D eigenvalue weighted by Gasteiger charge is -2.11. The topological polar surface area (TPSA) is 43.9 Å². The van der Waals surface area contributed by atoms with Crippen LogP contribution in [0.25, 0.3) is 61.2 Å². The average Bonchev–Trinajstić information content (AvgIpc) is 3.52. The van der Waals surface area contributed by atoms with E-state index in [-0.39, 0.29) is 0 Å². The smallest absolute Gasteiger partial charge is 0.235 e. The molecule has 34 heavy (non-hydrogen) atoms. The van der Waals surface area contributed by atoms with Gasteiger partial charge in [-0.1, -0.05) is 78.9 Å². The quantitative estimate of drug-likeness (QED) is 0.285. The lowest BCUT2D eigenvalue weighted by Crippen LogP contribution is -2.03. The Morgan fingerprint density at radius 3 is 1.94 bits per heavy atom. The SMILES string of the molecule is c1ccc(-c2cc(-c3ccccc3)nc(-n3c4ccccc4c4c5occc5ccc43)n2)cc1. The molecular weight excluding hydrogens is 418 g/mol. The molecule has 0 saturated heterocycles. The maximum atomic E-state index is 5.92. The lowest BCUT2D eigenvalue weighted by molar-refractivity contribution is 0.619. The number of furan rings is 1. The van der Waals surface area contributed by atoms with Crippen molar-refractivity contribution in [3.05, 3.63) is 115 Å². The third kappa shape index (κ3) is 2.86. The molecule has 160 valence electrons. The Morgan fingerprint density at radius 1 is 0.588 bits per heavy atom. The Balaban J connectivity index is 1.59. The largest absolute Gasteiger partial charge is 0.464 e. The summed E-state index contributed by atoms with van der Waals surface area (Å²) in [5, 5.41) is 3.28. The normalized spacial score (nSPS) is 11.5. The van der Waals surface area contributed by atoms with E-state index in [9.17, 15) is 0 Å². The highest BCUT2D eigenvalue weighted by atomic mass is 16.3. The fraction of sp³-hybridized carbons (Fsp3) is 0. The van der Waals surface area contributed by atoms with Gasteiger partial charge in [0.1, 0.15) is 5.58 Å². The zero-order valence-electron chi connectivity index (χ0n) is 18.2. The number of aromatic nitrogens is 3. The first-order valence-corrected chi connectivity index (χ1v) is 11.3. The van der Waals surface area contributed by atoms with Crippen LogP contribution in [0.2, 0.25) is 0 Å². The first-order valence-electron chi connectivity index (χ1n) is 11.3. The van der Waals surface area contributed by atoms with Crippen LogP contribution in [0.1, 0.15) is 0 Å².